The van der Waals surface area contributed by atoms with Crippen LogP contribution in [-0.4, -0.2) is 23.6 Å². The maximum absolute atomic E-state index is 12.2. The smallest absolute Gasteiger partial charge is 0.306 e. The molecule has 4 aliphatic rings. The van der Waals surface area contributed by atoms with Crippen LogP contribution in [0.1, 0.15) is 119 Å². The fraction of sp³-hybridized carbons (Fsp3) is 0.931. The lowest BCUT2D eigenvalue weighted by Gasteiger charge is -2.63. The lowest BCUT2D eigenvalue weighted by molar-refractivity contribution is -0.198. The summed E-state index contributed by atoms with van der Waals surface area (Å²) in [5.41, 5.74) is 0.169. The summed E-state index contributed by atoms with van der Waals surface area (Å²) in [6.45, 7) is 13.3. The van der Waals surface area contributed by atoms with Gasteiger partial charge >= 0.3 is 11.9 Å². The molecule has 0 radical (unpaired) electrons. The van der Waals surface area contributed by atoms with E-state index in [2.05, 4.69) is 27.7 Å². The standard InChI is InChI=1S/C29H48O4/c1-7-9-26(31)32-22-17-19(3)28(6)21(18-22)10-11-23-24-13-16-29(14-8-2,33-20(4)30)27(24,5)15-12-25(23)28/h19,21-25H,7-18H2,1-6H3/t19?,21?,22?,23-,24-,25+,27-,28-,29?/m0/s1. The van der Waals surface area contributed by atoms with Gasteiger partial charge in [0.2, 0.25) is 0 Å². The van der Waals surface area contributed by atoms with Crippen LogP contribution in [0.15, 0.2) is 0 Å². The van der Waals surface area contributed by atoms with Crippen molar-refractivity contribution in [3.8, 4) is 0 Å². The Labute approximate surface area is 201 Å². The van der Waals surface area contributed by atoms with Crippen LogP contribution < -0.4 is 0 Å². The van der Waals surface area contributed by atoms with E-state index in [-0.39, 0.29) is 29.1 Å². The van der Waals surface area contributed by atoms with Gasteiger partial charge in [0.15, 0.2) is 0 Å². The van der Waals surface area contributed by atoms with E-state index in [0.29, 0.717) is 29.6 Å². The molecule has 4 rings (SSSR count). The van der Waals surface area contributed by atoms with Crippen molar-refractivity contribution in [2.45, 2.75) is 130 Å². The molecule has 0 aliphatic heterocycles. The number of ether oxygens (including phenoxy) is 2. The van der Waals surface area contributed by atoms with Crippen LogP contribution >= 0.6 is 0 Å². The molecular formula is C29H48O4. The zero-order valence-corrected chi connectivity index (χ0v) is 22.1. The van der Waals surface area contributed by atoms with E-state index in [1.165, 1.54) is 32.1 Å². The summed E-state index contributed by atoms with van der Waals surface area (Å²) in [5, 5.41) is 0. The molecule has 33 heavy (non-hydrogen) atoms. The number of carbonyl (C=O) groups excluding carboxylic acids is 2. The second kappa shape index (κ2) is 9.19. The summed E-state index contributed by atoms with van der Waals surface area (Å²) >= 11 is 0. The van der Waals surface area contributed by atoms with Crippen molar-refractivity contribution >= 4 is 11.9 Å². The van der Waals surface area contributed by atoms with Crippen LogP contribution in [0.4, 0.5) is 0 Å². The largest absolute Gasteiger partial charge is 0.462 e. The molecule has 0 aromatic rings. The minimum Gasteiger partial charge on any atom is -0.462 e. The predicted octanol–water partition coefficient (Wildman–Crippen LogP) is 7.09. The molecule has 4 heteroatoms. The van der Waals surface area contributed by atoms with E-state index >= 15 is 0 Å². The Morgan fingerprint density at radius 2 is 1.67 bits per heavy atom. The molecule has 0 saturated heterocycles. The van der Waals surface area contributed by atoms with Crippen molar-refractivity contribution in [3.05, 3.63) is 0 Å². The molecular weight excluding hydrogens is 412 g/mol. The molecule has 0 amide bonds. The maximum Gasteiger partial charge on any atom is 0.306 e. The third-order valence-corrected chi connectivity index (χ3v) is 11.2. The van der Waals surface area contributed by atoms with Crippen LogP contribution in [0.5, 0.6) is 0 Å². The van der Waals surface area contributed by atoms with Gasteiger partial charge in [0.05, 0.1) is 0 Å². The molecule has 4 unspecified atom stereocenters. The zero-order valence-electron chi connectivity index (χ0n) is 22.1. The fourth-order valence-electron chi connectivity index (χ4n) is 9.62. The van der Waals surface area contributed by atoms with Crippen LogP contribution in [0.2, 0.25) is 0 Å². The summed E-state index contributed by atoms with van der Waals surface area (Å²) < 4.78 is 12.1. The topological polar surface area (TPSA) is 52.6 Å². The van der Waals surface area contributed by atoms with E-state index in [0.717, 1.165) is 50.4 Å². The highest BCUT2D eigenvalue weighted by molar-refractivity contribution is 5.69. The first-order chi connectivity index (χ1) is 15.6. The van der Waals surface area contributed by atoms with Crippen molar-refractivity contribution in [3.63, 3.8) is 0 Å². The van der Waals surface area contributed by atoms with E-state index < -0.39 is 0 Å². The molecule has 0 heterocycles. The molecule has 0 spiro atoms. The molecule has 0 bridgehead atoms. The predicted molar refractivity (Wildman–Crippen MR) is 130 cm³/mol. The Balaban J connectivity index is 1.55. The van der Waals surface area contributed by atoms with Crippen LogP contribution in [0, 0.1) is 40.4 Å². The summed E-state index contributed by atoms with van der Waals surface area (Å²) in [4.78, 5) is 24.3. The summed E-state index contributed by atoms with van der Waals surface area (Å²) in [7, 11) is 0. The number of esters is 2. The van der Waals surface area contributed by atoms with Gasteiger partial charge in [-0.3, -0.25) is 9.59 Å². The lowest BCUT2D eigenvalue weighted by Crippen LogP contribution is -2.59. The normalized spacial score (nSPS) is 46.6. The Bertz CT molecular complexity index is 748. The van der Waals surface area contributed by atoms with Crippen molar-refractivity contribution in [2.75, 3.05) is 0 Å². The monoisotopic (exact) mass is 460 g/mol. The molecule has 4 saturated carbocycles. The van der Waals surface area contributed by atoms with Gasteiger partial charge < -0.3 is 9.47 Å². The molecule has 4 nitrogen and oxygen atoms in total. The first-order valence-electron chi connectivity index (χ1n) is 14.0. The maximum atomic E-state index is 12.2. The Hall–Kier alpha value is -1.06. The molecule has 0 aromatic heterocycles. The lowest BCUT2D eigenvalue weighted by atomic mass is 9.42. The molecule has 4 aliphatic carbocycles. The van der Waals surface area contributed by atoms with Crippen LogP contribution in [0.3, 0.4) is 0 Å². The van der Waals surface area contributed by atoms with Crippen molar-refractivity contribution < 1.29 is 19.1 Å². The zero-order chi connectivity index (χ0) is 24.0. The second-order valence-corrected chi connectivity index (χ2v) is 12.6. The Morgan fingerprint density at radius 3 is 2.33 bits per heavy atom. The van der Waals surface area contributed by atoms with Gasteiger partial charge in [0, 0.05) is 18.8 Å². The minimum atomic E-state index is -0.266. The number of carbonyl (C=O) groups is 2. The van der Waals surface area contributed by atoms with Gasteiger partial charge in [-0.05, 0) is 99.2 Å². The van der Waals surface area contributed by atoms with Gasteiger partial charge in [-0.1, -0.05) is 41.0 Å². The fourth-order valence-corrected chi connectivity index (χ4v) is 9.62. The average Bonchev–Trinajstić information content (AvgIpc) is 3.01. The number of fused-ring (bicyclic) bond motifs is 5. The van der Waals surface area contributed by atoms with Gasteiger partial charge in [0.1, 0.15) is 11.7 Å². The Morgan fingerprint density at radius 1 is 0.939 bits per heavy atom. The summed E-state index contributed by atoms with van der Waals surface area (Å²) in [6, 6.07) is 0. The first kappa shape index (κ1) is 25.0. The molecule has 4 fully saturated rings. The van der Waals surface area contributed by atoms with Gasteiger partial charge in [0.25, 0.3) is 0 Å². The first-order valence-corrected chi connectivity index (χ1v) is 14.0. The number of hydrogen-bond acceptors (Lipinski definition) is 4. The van der Waals surface area contributed by atoms with E-state index in [4.69, 9.17) is 9.47 Å². The molecule has 188 valence electrons. The van der Waals surface area contributed by atoms with E-state index in [1.54, 1.807) is 6.92 Å². The third kappa shape index (κ3) is 3.96. The number of hydrogen-bond donors (Lipinski definition) is 0. The van der Waals surface area contributed by atoms with Crippen LogP contribution in [0.25, 0.3) is 0 Å². The van der Waals surface area contributed by atoms with Gasteiger partial charge in [-0.15, -0.1) is 0 Å². The highest BCUT2D eigenvalue weighted by Gasteiger charge is 2.66. The molecule has 9 atom stereocenters. The average molecular weight is 461 g/mol. The van der Waals surface area contributed by atoms with Gasteiger partial charge in [-0.2, -0.15) is 0 Å². The van der Waals surface area contributed by atoms with Crippen molar-refractivity contribution in [1.82, 2.24) is 0 Å². The molecule has 0 aromatic carbocycles. The van der Waals surface area contributed by atoms with Crippen molar-refractivity contribution in [2.24, 2.45) is 40.4 Å². The second-order valence-electron chi connectivity index (χ2n) is 12.6. The quantitative estimate of drug-likeness (QED) is 0.397. The van der Waals surface area contributed by atoms with E-state index in [1.807, 2.05) is 6.92 Å². The van der Waals surface area contributed by atoms with Crippen LogP contribution in [-0.2, 0) is 19.1 Å². The Kier molecular flexibility index (Phi) is 6.97. The van der Waals surface area contributed by atoms with Crippen molar-refractivity contribution in [1.29, 1.82) is 0 Å². The van der Waals surface area contributed by atoms with Gasteiger partial charge in [-0.25, -0.2) is 0 Å². The number of rotatable bonds is 6. The highest BCUT2D eigenvalue weighted by atomic mass is 16.6. The third-order valence-electron chi connectivity index (χ3n) is 11.2. The molecule has 0 N–H and O–H groups in total. The van der Waals surface area contributed by atoms with E-state index in [9.17, 15) is 9.59 Å². The SMILES string of the molecule is CCCC(=O)OC1CC(C)[C@@]2(C)C(CC[C@@H]3[C@H]2CC[C@@]2(C)[C@H]3CCC2(CCC)OC(C)=O)C1. The highest BCUT2D eigenvalue weighted by Crippen LogP contribution is 2.70. The minimum absolute atomic E-state index is 0.0101. The summed E-state index contributed by atoms with van der Waals surface area (Å²) in [5.74, 6) is 3.25. The summed E-state index contributed by atoms with van der Waals surface area (Å²) in [6.07, 6.45) is 12.9.